The first-order valence-electron chi connectivity index (χ1n) is 6.27. The average molecular weight is 235 g/mol. The summed E-state index contributed by atoms with van der Waals surface area (Å²) in [6, 6.07) is 10.8. The Kier molecular flexibility index (Phi) is 5.23. The Morgan fingerprint density at radius 3 is 2.88 bits per heavy atom. The van der Waals surface area contributed by atoms with Gasteiger partial charge in [0.1, 0.15) is 0 Å². The zero-order chi connectivity index (χ0) is 11.1. The molecule has 0 amide bonds. The number of thioether (sulfide) groups is 1. The lowest BCUT2D eigenvalue weighted by molar-refractivity contribution is 0.527. The minimum Gasteiger partial charge on any atom is -0.316 e. The highest BCUT2D eigenvalue weighted by Crippen LogP contribution is 2.18. The van der Waals surface area contributed by atoms with Crippen LogP contribution >= 0.6 is 11.8 Å². The lowest BCUT2D eigenvalue weighted by Gasteiger charge is -2.07. The number of rotatable bonds is 6. The summed E-state index contributed by atoms with van der Waals surface area (Å²) in [7, 11) is 0. The van der Waals surface area contributed by atoms with Gasteiger partial charge in [-0.3, -0.25) is 0 Å². The number of benzene rings is 1. The molecule has 1 aromatic carbocycles. The largest absolute Gasteiger partial charge is 0.316 e. The zero-order valence-electron chi connectivity index (χ0n) is 9.82. The highest BCUT2D eigenvalue weighted by molar-refractivity contribution is 7.98. The highest BCUT2D eigenvalue weighted by Gasteiger charge is 2.13. The molecule has 1 heterocycles. The van der Waals surface area contributed by atoms with Gasteiger partial charge in [0.2, 0.25) is 0 Å². The Bertz CT molecular complexity index is 280. The monoisotopic (exact) mass is 235 g/mol. The SMILES string of the molecule is c1ccc(CSCCC[C@@H]2CCNC2)cc1. The summed E-state index contributed by atoms with van der Waals surface area (Å²) in [5.74, 6) is 3.44. The van der Waals surface area contributed by atoms with Crippen LogP contribution in [0.1, 0.15) is 24.8 Å². The number of hydrogen-bond donors (Lipinski definition) is 1. The van der Waals surface area contributed by atoms with Crippen molar-refractivity contribution < 1.29 is 0 Å². The molecule has 1 saturated heterocycles. The third-order valence-corrected chi connectivity index (χ3v) is 4.29. The van der Waals surface area contributed by atoms with Crippen LogP contribution in [0.4, 0.5) is 0 Å². The van der Waals surface area contributed by atoms with E-state index in [1.807, 2.05) is 0 Å². The first-order valence-corrected chi connectivity index (χ1v) is 7.43. The second kappa shape index (κ2) is 6.97. The molecule has 1 nitrogen and oxygen atoms in total. The van der Waals surface area contributed by atoms with Crippen molar-refractivity contribution in [3.05, 3.63) is 35.9 Å². The van der Waals surface area contributed by atoms with Crippen molar-refractivity contribution in [2.75, 3.05) is 18.8 Å². The Morgan fingerprint density at radius 2 is 2.12 bits per heavy atom. The second-order valence-corrected chi connectivity index (χ2v) is 5.64. The summed E-state index contributed by atoms with van der Waals surface area (Å²) < 4.78 is 0. The third-order valence-electron chi connectivity index (χ3n) is 3.17. The Balaban J connectivity index is 1.52. The fourth-order valence-corrected chi connectivity index (χ4v) is 3.14. The third kappa shape index (κ3) is 4.18. The van der Waals surface area contributed by atoms with Gasteiger partial charge in [-0.1, -0.05) is 30.3 Å². The normalized spacial score (nSPS) is 20.1. The van der Waals surface area contributed by atoms with Gasteiger partial charge in [0.15, 0.2) is 0 Å². The maximum atomic E-state index is 3.43. The fourth-order valence-electron chi connectivity index (χ4n) is 2.20. The minimum absolute atomic E-state index is 0.956. The first-order chi connectivity index (χ1) is 7.95. The molecule has 0 spiro atoms. The molecule has 0 aromatic heterocycles. The van der Waals surface area contributed by atoms with E-state index >= 15 is 0 Å². The van der Waals surface area contributed by atoms with Crippen LogP contribution in [0.3, 0.4) is 0 Å². The van der Waals surface area contributed by atoms with E-state index in [2.05, 4.69) is 47.4 Å². The number of nitrogens with one attached hydrogen (secondary N) is 1. The number of hydrogen-bond acceptors (Lipinski definition) is 2. The van der Waals surface area contributed by atoms with Gasteiger partial charge in [0, 0.05) is 5.75 Å². The Morgan fingerprint density at radius 1 is 1.25 bits per heavy atom. The van der Waals surface area contributed by atoms with E-state index in [1.165, 1.54) is 49.4 Å². The van der Waals surface area contributed by atoms with Crippen LogP contribution < -0.4 is 5.32 Å². The molecular formula is C14H21NS. The van der Waals surface area contributed by atoms with Crippen molar-refractivity contribution in [2.24, 2.45) is 5.92 Å². The van der Waals surface area contributed by atoms with E-state index < -0.39 is 0 Å². The predicted molar refractivity (Wildman–Crippen MR) is 72.8 cm³/mol. The van der Waals surface area contributed by atoms with E-state index in [9.17, 15) is 0 Å². The smallest absolute Gasteiger partial charge is 0.0184 e. The molecule has 2 rings (SSSR count). The van der Waals surface area contributed by atoms with Gasteiger partial charge in [-0.2, -0.15) is 11.8 Å². The molecule has 0 radical (unpaired) electrons. The van der Waals surface area contributed by atoms with Crippen molar-refractivity contribution in [3.63, 3.8) is 0 Å². The van der Waals surface area contributed by atoms with E-state index in [0.29, 0.717) is 0 Å². The molecular weight excluding hydrogens is 214 g/mol. The summed E-state index contributed by atoms with van der Waals surface area (Å²) in [6.07, 6.45) is 4.18. The van der Waals surface area contributed by atoms with E-state index in [4.69, 9.17) is 0 Å². The van der Waals surface area contributed by atoms with Crippen LogP contribution in [-0.2, 0) is 5.75 Å². The molecule has 88 valence electrons. The van der Waals surface area contributed by atoms with Crippen LogP contribution in [0, 0.1) is 5.92 Å². The summed E-state index contributed by atoms with van der Waals surface area (Å²) in [4.78, 5) is 0. The van der Waals surface area contributed by atoms with Gasteiger partial charge >= 0.3 is 0 Å². The molecule has 1 aromatic rings. The quantitative estimate of drug-likeness (QED) is 0.759. The molecule has 1 atom stereocenters. The van der Waals surface area contributed by atoms with Gasteiger partial charge in [0.05, 0.1) is 0 Å². The van der Waals surface area contributed by atoms with Crippen molar-refractivity contribution in [1.82, 2.24) is 5.32 Å². The molecule has 0 bridgehead atoms. The van der Waals surface area contributed by atoms with Crippen LogP contribution in [0.15, 0.2) is 30.3 Å². The van der Waals surface area contributed by atoms with E-state index in [1.54, 1.807) is 0 Å². The minimum atomic E-state index is 0.956. The van der Waals surface area contributed by atoms with Gasteiger partial charge in [-0.15, -0.1) is 0 Å². The van der Waals surface area contributed by atoms with Crippen LogP contribution in [-0.4, -0.2) is 18.8 Å². The Hall–Kier alpha value is -0.470. The van der Waals surface area contributed by atoms with Crippen molar-refractivity contribution >= 4 is 11.8 Å². The molecule has 16 heavy (non-hydrogen) atoms. The summed E-state index contributed by atoms with van der Waals surface area (Å²) in [5, 5.41) is 3.43. The molecule has 1 N–H and O–H groups in total. The lowest BCUT2D eigenvalue weighted by atomic mass is 10.0. The summed E-state index contributed by atoms with van der Waals surface area (Å²) in [5.41, 5.74) is 1.45. The fraction of sp³-hybridized carbons (Fsp3) is 0.571. The molecule has 1 fully saturated rings. The van der Waals surface area contributed by atoms with Gasteiger partial charge in [-0.25, -0.2) is 0 Å². The molecule has 2 heteroatoms. The van der Waals surface area contributed by atoms with Crippen molar-refractivity contribution in [3.8, 4) is 0 Å². The Labute approximate surface area is 103 Å². The highest BCUT2D eigenvalue weighted by atomic mass is 32.2. The predicted octanol–water partition coefficient (Wildman–Crippen LogP) is 3.31. The van der Waals surface area contributed by atoms with Gasteiger partial charge in [-0.05, 0) is 49.6 Å². The maximum Gasteiger partial charge on any atom is 0.0184 e. The van der Waals surface area contributed by atoms with Crippen molar-refractivity contribution in [1.29, 1.82) is 0 Å². The molecule has 1 aliphatic rings. The molecule has 0 saturated carbocycles. The van der Waals surface area contributed by atoms with Crippen molar-refractivity contribution in [2.45, 2.75) is 25.0 Å². The molecule has 0 aliphatic carbocycles. The van der Waals surface area contributed by atoms with Gasteiger partial charge < -0.3 is 5.32 Å². The second-order valence-electron chi connectivity index (χ2n) is 4.54. The van der Waals surface area contributed by atoms with Crippen LogP contribution in [0.2, 0.25) is 0 Å². The lowest BCUT2D eigenvalue weighted by Crippen LogP contribution is -2.08. The first kappa shape index (κ1) is 12.0. The zero-order valence-corrected chi connectivity index (χ0v) is 10.6. The van der Waals surface area contributed by atoms with Gasteiger partial charge in [0.25, 0.3) is 0 Å². The van der Waals surface area contributed by atoms with E-state index in [-0.39, 0.29) is 0 Å². The standard InChI is InChI=1S/C14H21NS/c1-2-5-14(6-3-1)12-16-10-4-7-13-8-9-15-11-13/h1-3,5-6,13,15H,4,7-12H2/t13-/m1/s1. The topological polar surface area (TPSA) is 12.0 Å². The summed E-state index contributed by atoms with van der Waals surface area (Å²) >= 11 is 2.07. The summed E-state index contributed by atoms with van der Waals surface area (Å²) in [6.45, 7) is 2.49. The molecule has 0 unspecified atom stereocenters. The average Bonchev–Trinajstić information content (AvgIpc) is 2.83. The molecule has 1 aliphatic heterocycles. The van der Waals surface area contributed by atoms with E-state index in [0.717, 1.165) is 5.92 Å². The van der Waals surface area contributed by atoms with Crippen LogP contribution in [0.5, 0.6) is 0 Å². The van der Waals surface area contributed by atoms with Crippen LogP contribution in [0.25, 0.3) is 0 Å². The maximum absolute atomic E-state index is 3.43.